The highest BCUT2D eigenvalue weighted by atomic mass is 16.3. The summed E-state index contributed by atoms with van der Waals surface area (Å²) in [5.41, 5.74) is 1.74. The van der Waals surface area contributed by atoms with Crippen LogP contribution in [0.2, 0.25) is 0 Å². The Bertz CT molecular complexity index is 448. The van der Waals surface area contributed by atoms with E-state index in [0.29, 0.717) is 6.04 Å². The summed E-state index contributed by atoms with van der Waals surface area (Å²) in [4.78, 5) is 13.7. The van der Waals surface area contributed by atoms with Crippen LogP contribution in [0.4, 0.5) is 5.69 Å². The number of ketones is 1. The van der Waals surface area contributed by atoms with Gasteiger partial charge in [-0.15, -0.1) is 0 Å². The van der Waals surface area contributed by atoms with E-state index in [0.717, 1.165) is 30.8 Å². The summed E-state index contributed by atoms with van der Waals surface area (Å²) in [6.07, 6.45) is 1.03. The number of rotatable bonds is 3. The van der Waals surface area contributed by atoms with Crippen LogP contribution < -0.4 is 10.2 Å². The highest BCUT2D eigenvalue weighted by Crippen LogP contribution is 2.21. The van der Waals surface area contributed by atoms with Gasteiger partial charge in [0, 0.05) is 30.4 Å². The quantitative estimate of drug-likeness (QED) is 0.809. The van der Waals surface area contributed by atoms with Crippen molar-refractivity contribution < 1.29 is 9.90 Å². The van der Waals surface area contributed by atoms with Crippen LogP contribution in [-0.2, 0) is 0 Å². The van der Waals surface area contributed by atoms with Gasteiger partial charge in [-0.05, 0) is 32.4 Å². The third-order valence-electron chi connectivity index (χ3n) is 3.74. The number of nitrogens with one attached hydrogen (secondary N) is 1. The predicted molar refractivity (Wildman–Crippen MR) is 76.7 cm³/mol. The highest BCUT2D eigenvalue weighted by Gasteiger charge is 2.23. The van der Waals surface area contributed by atoms with Crippen molar-refractivity contribution in [3.8, 4) is 0 Å². The third-order valence-corrected chi connectivity index (χ3v) is 3.74. The van der Waals surface area contributed by atoms with Gasteiger partial charge >= 0.3 is 0 Å². The molecule has 1 aromatic rings. The Kier molecular flexibility index (Phi) is 4.56. The van der Waals surface area contributed by atoms with Crippen molar-refractivity contribution in [3.63, 3.8) is 0 Å². The van der Waals surface area contributed by atoms with Gasteiger partial charge in [-0.1, -0.05) is 12.1 Å². The van der Waals surface area contributed by atoms with E-state index >= 15 is 0 Å². The molecule has 2 unspecified atom stereocenters. The number of aliphatic hydroxyl groups is 1. The standard InChI is InChI=1S/C15H22N2O2/c1-11-6-7-17(15(10-18)9-16-11)14-5-3-4-13(8-14)12(2)19/h3-5,8,11,15-16,18H,6-7,9-10H2,1-2H3. The first-order valence-corrected chi connectivity index (χ1v) is 6.83. The maximum absolute atomic E-state index is 11.5. The van der Waals surface area contributed by atoms with Crippen LogP contribution in [-0.4, -0.2) is 42.7 Å². The fourth-order valence-corrected chi connectivity index (χ4v) is 2.47. The number of nitrogens with zero attached hydrogens (tertiary/aromatic N) is 1. The van der Waals surface area contributed by atoms with Crippen LogP contribution in [0.25, 0.3) is 0 Å². The first kappa shape index (κ1) is 14.0. The van der Waals surface area contributed by atoms with E-state index < -0.39 is 0 Å². The van der Waals surface area contributed by atoms with E-state index in [1.165, 1.54) is 0 Å². The molecule has 104 valence electrons. The topological polar surface area (TPSA) is 52.6 Å². The molecule has 1 aliphatic rings. The fraction of sp³-hybridized carbons (Fsp3) is 0.533. The SMILES string of the molecule is CC(=O)c1cccc(N2CCC(C)NCC2CO)c1. The van der Waals surface area contributed by atoms with Gasteiger partial charge in [0.15, 0.2) is 5.78 Å². The number of carbonyl (C=O) groups excluding carboxylic acids is 1. The number of carbonyl (C=O) groups is 1. The lowest BCUT2D eigenvalue weighted by Gasteiger charge is -2.30. The van der Waals surface area contributed by atoms with Crippen molar-refractivity contribution in [2.75, 3.05) is 24.6 Å². The first-order valence-electron chi connectivity index (χ1n) is 6.83. The molecule has 0 amide bonds. The number of hydrogen-bond donors (Lipinski definition) is 2. The van der Waals surface area contributed by atoms with E-state index in [1.807, 2.05) is 24.3 Å². The van der Waals surface area contributed by atoms with Gasteiger partial charge in [0.25, 0.3) is 0 Å². The van der Waals surface area contributed by atoms with Crippen molar-refractivity contribution in [2.24, 2.45) is 0 Å². The first-order chi connectivity index (χ1) is 9.11. The molecule has 1 aromatic carbocycles. The number of benzene rings is 1. The van der Waals surface area contributed by atoms with Crippen molar-refractivity contribution in [1.82, 2.24) is 5.32 Å². The lowest BCUT2D eigenvalue weighted by molar-refractivity contribution is 0.101. The summed E-state index contributed by atoms with van der Waals surface area (Å²) in [6, 6.07) is 8.18. The molecule has 4 heteroatoms. The zero-order valence-corrected chi connectivity index (χ0v) is 11.6. The maximum atomic E-state index is 11.5. The predicted octanol–water partition coefficient (Wildman–Crippen LogP) is 1.44. The van der Waals surface area contributed by atoms with Crippen LogP contribution in [0.1, 0.15) is 30.6 Å². The molecule has 0 saturated carbocycles. The van der Waals surface area contributed by atoms with Gasteiger partial charge < -0.3 is 15.3 Å². The van der Waals surface area contributed by atoms with Gasteiger partial charge in [0.1, 0.15) is 0 Å². The summed E-state index contributed by atoms with van der Waals surface area (Å²) < 4.78 is 0. The minimum Gasteiger partial charge on any atom is -0.394 e. The van der Waals surface area contributed by atoms with E-state index in [1.54, 1.807) is 6.92 Å². The van der Waals surface area contributed by atoms with E-state index in [2.05, 4.69) is 17.1 Å². The lowest BCUT2D eigenvalue weighted by atomic mass is 10.1. The Hall–Kier alpha value is -1.39. The Morgan fingerprint density at radius 3 is 3.00 bits per heavy atom. The molecule has 0 radical (unpaired) electrons. The molecule has 0 bridgehead atoms. The van der Waals surface area contributed by atoms with Crippen LogP contribution in [0.5, 0.6) is 0 Å². The van der Waals surface area contributed by atoms with Gasteiger partial charge in [0.05, 0.1) is 12.6 Å². The number of Topliss-reactive ketones (excluding diaryl/α,β-unsaturated/α-hetero) is 1. The average Bonchev–Trinajstić information content (AvgIpc) is 2.60. The average molecular weight is 262 g/mol. The molecule has 1 saturated heterocycles. The number of hydrogen-bond acceptors (Lipinski definition) is 4. The van der Waals surface area contributed by atoms with Gasteiger partial charge in [-0.3, -0.25) is 4.79 Å². The molecular weight excluding hydrogens is 240 g/mol. The fourth-order valence-electron chi connectivity index (χ4n) is 2.47. The van der Waals surface area contributed by atoms with Crippen molar-refractivity contribution in [1.29, 1.82) is 0 Å². The molecule has 0 aromatic heterocycles. The summed E-state index contributed by atoms with van der Waals surface area (Å²) in [6.45, 7) is 5.51. The Balaban J connectivity index is 2.26. The molecular formula is C15H22N2O2. The number of anilines is 1. The highest BCUT2D eigenvalue weighted by molar-refractivity contribution is 5.95. The van der Waals surface area contributed by atoms with E-state index in [9.17, 15) is 9.90 Å². The third kappa shape index (κ3) is 3.33. The lowest BCUT2D eigenvalue weighted by Crippen LogP contribution is -2.43. The summed E-state index contributed by atoms with van der Waals surface area (Å²) >= 11 is 0. The molecule has 4 nitrogen and oxygen atoms in total. The second-order valence-corrected chi connectivity index (χ2v) is 5.23. The second kappa shape index (κ2) is 6.17. The normalized spacial score (nSPS) is 24.1. The van der Waals surface area contributed by atoms with Crippen LogP contribution in [0.3, 0.4) is 0 Å². The molecule has 1 aliphatic heterocycles. The van der Waals surface area contributed by atoms with Crippen molar-refractivity contribution in [3.05, 3.63) is 29.8 Å². The Morgan fingerprint density at radius 1 is 1.53 bits per heavy atom. The summed E-state index contributed by atoms with van der Waals surface area (Å²) in [7, 11) is 0. The van der Waals surface area contributed by atoms with Crippen molar-refractivity contribution in [2.45, 2.75) is 32.4 Å². The largest absolute Gasteiger partial charge is 0.394 e. The number of aliphatic hydroxyl groups excluding tert-OH is 1. The summed E-state index contributed by atoms with van der Waals surface area (Å²) in [5.74, 6) is 0.0729. The van der Waals surface area contributed by atoms with Gasteiger partial charge in [0.2, 0.25) is 0 Å². The van der Waals surface area contributed by atoms with Crippen LogP contribution in [0, 0.1) is 0 Å². The molecule has 1 fully saturated rings. The van der Waals surface area contributed by atoms with Crippen LogP contribution >= 0.6 is 0 Å². The van der Waals surface area contributed by atoms with Gasteiger partial charge in [-0.2, -0.15) is 0 Å². The maximum Gasteiger partial charge on any atom is 0.159 e. The Morgan fingerprint density at radius 2 is 2.32 bits per heavy atom. The summed E-state index contributed by atoms with van der Waals surface area (Å²) in [5, 5.41) is 13.0. The van der Waals surface area contributed by atoms with Crippen molar-refractivity contribution >= 4 is 11.5 Å². The van der Waals surface area contributed by atoms with Gasteiger partial charge in [-0.25, -0.2) is 0 Å². The Labute approximate surface area is 114 Å². The monoisotopic (exact) mass is 262 g/mol. The second-order valence-electron chi connectivity index (χ2n) is 5.23. The molecule has 0 spiro atoms. The molecule has 2 rings (SSSR count). The molecule has 2 atom stereocenters. The molecule has 2 N–H and O–H groups in total. The molecule has 0 aliphatic carbocycles. The molecule has 1 heterocycles. The zero-order chi connectivity index (χ0) is 13.8. The van der Waals surface area contributed by atoms with Crippen LogP contribution in [0.15, 0.2) is 24.3 Å². The zero-order valence-electron chi connectivity index (χ0n) is 11.6. The minimum atomic E-state index is 0.0622. The molecule has 19 heavy (non-hydrogen) atoms. The van der Waals surface area contributed by atoms with E-state index in [4.69, 9.17) is 0 Å². The smallest absolute Gasteiger partial charge is 0.159 e. The minimum absolute atomic E-state index is 0.0622. The van der Waals surface area contributed by atoms with E-state index in [-0.39, 0.29) is 18.4 Å².